The average Bonchev–Trinajstić information content (AvgIpc) is 2.42. The fourth-order valence-electron chi connectivity index (χ4n) is 1.96. The normalized spacial score (nSPS) is 10.3. The minimum absolute atomic E-state index is 0.184. The number of aryl methyl sites for hydroxylation is 2. The van der Waals surface area contributed by atoms with Crippen molar-refractivity contribution < 1.29 is 10.0 Å². The molecule has 0 fully saturated rings. The summed E-state index contributed by atoms with van der Waals surface area (Å²) in [5, 5.41) is 8.49. The molecule has 0 spiro atoms. The maximum Gasteiger partial charge on any atom is 0.247 e. The molecule has 2 N–H and O–H groups in total. The third kappa shape index (κ3) is 3.20. The SMILES string of the molecule is Cc1ccc(-c2ccc(CC(=O)NO)cc2)cc1C. The second kappa shape index (κ2) is 5.67. The molecule has 0 atom stereocenters. The summed E-state index contributed by atoms with van der Waals surface area (Å²) in [6, 6.07) is 14.1. The quantitative estimate of drug-likeness (QED) is 0.654. The van der Waals surface area contributed by atoms with Crippen LogP contribution in [0.15, 0.2) is 42.5 Å². The lowest BCUT2D eigenvalue weighted by Crippen LogP contribution is -2.20. The van der Waals surface area contributed by atoms with Crippen molar-refractivity contribution in [2.75, 3.05) is 0 Å². The van der Waals surface area contributed by atoms with E-state index in [0.717, 1.165) is 11.1 Å². The zero-order valence-electron chi connectivity index (χ0n) is 11.1. The Morgan fingerprint density at radius 1 is 1.00 bits per heavy atom. The first-order chi connectivity index (χ1) is 9.10. The molecule has 0 aliphatic carbocycles. The van der Waals surface area contributed by atoms with Crippen molar-refractivity contribution in [3.63, 3.8) is 0 Å². The van der Waals surface area contributed by atoms with Crippen molar-refractivity contribution in [1.82, 2.24) is 5.48 Å². The second-order valence-electron chi connectivity index (χ2n) is 4.71. The van der Waals surface area contributed by atoms with Crippen LogP contribution < -0.4 is 5.48 Å². The van der Waals surface area contributed by atoms with Crippen molar-refractivity contribution >= 4 is 5.91 Å². The van der Waals surface area contributed by atoms with Crippen LogP contribution in [-0.2, 0) is 11.2 Å². The Balaban J connectivity index is 2.22. The van der Waals surface area contributed by atoms with E-state index in [1.807, 2.05) is 24.3 Å². The first-order valence-electron chi connectivity index (χ1n) is 6.19. The van der Waals surface area contributed by atoms with E-state index in [0.29, 0.717) is 0 Å². The molecule has 19 heavy (non-hydrogen) atoms. The highest BCUT2D eigenvalue weighted by Gasteiger charge is 2.03. The van der Waals surface area contributed by atoms with Crippen molar-refractivity contribution in [3.8, 4) is 11.1 Å². The van der Waals surface area contributed by atoms with Gasteiger partial charge in [0.1, 0.15) is 0 Å². The van der Waals surface area contributed by atoms with Gasteiger partial charge in [-0.05, 0) is 41.7 Å². The minimum atomic E-state index is -0.404. The van der Waals surface area contributed by atoms with Crippen molar-refractivity contribution in [2.45, 2.75) is 20.3 Å². The van der Waals surface area contributed by atoms with E-state index < -0.39 is 5.91 Å². The van der Waals surface area contributed by atoms with Crippen LogP contribution in [0, 0.1) is 13.8 Å². The fourth-order valence-corrected chi connectivity index (χ4v) is 1.96. The predicted octanol–water partition coefficient (Wildman–Crippen LogP) is 3.02. The highest BCUT2D eigenvalue weighted by molar-refractivity contribution is 5.77. The topological polar surface area (TPSA) is 49.3 Å². The molecule has 2 rings (SSSR count). The molecule has 0 radical (unpaired) electrons. The van der Waals surface area contributed by atoms with E-state index in [-0.39, 0.29) is 6.42 Å². The standard InChI is InChI=1S/C16H17NO2/c1-11-3-6-15(9-12(11)2)14-7-4-13(5-8-14)10-16(18)17-19/h3-9,19H,10H2,1-2H3,(H,17,18). The number of hydroxylamine groups is 1. The Kier molecular flexibility index (Phi) is 3.97. The van der Waals surface area contributed by atoms with E-state index in [9.17, 15) is 4.79 Å². The molecule has 3 nitrogen and oxygen atoms in total. The van der Waals surface area contributed by atoms with Gasteiger partial charge in [0.05, 0.1) is 6.42 Å². The Labute approximate surface area is 112 Å². The van der Waals surface area contributed by atoms with Gasteiger partial charge in [-0.25, -0.2) is 5.48 Å². The van der Waals surface area contributed by atoms with Crippen LogP contribution in [0.3, 0.4) is 0 Å². The molecule has 0 bridgehead atoms. The Morgan fingerprint density at radius 3 is 2.21 bits per heavy atom. The van der Waals surface area contributed by atoms with Gasteiger partial charge in [-0.3, -0.25) is 10.0 Å². The molecule has 98 valence electrons. The molecule has 2 aromatic carbocycles. The van der Waals surface area contributed by atoms with Crippen LogP contribution >= 0.6 is 0 Å². The number of carbonyl (C=O) groups excluding carboxylic acids is 1. The largest absolute Gasteiger partial charge is 0.289 e. The van der Waals surface area contributed by atoms with Crippen LogP contribution in [0.25, 0.3) is 11.1 Å². The van der Waals surface area contributed by atoms with Crippen LogP contribution in [0.4, 0.5) is 0 Å². The Hall–Kier alpha value is -2.13. The van der Waals surface area contributed by atoms with Crippen molar-refractivity contribution in [1.29, 1.82) is 0 Å². The molecule has 2 aromatic rings. The highest BCUT2D eigenvalue weighted by Crippen LogP contribution is 2.22. The van der Waals surface area contributed by atoms with Gasteiger partial charge in [0, 0.05) is 0 Å². The van der Waals surface area contributed by atoms with Gasteiger partial charge < -0.3 is 0 Å². The monoisotopic (exact) mass is 255 g/mol. The molecular formula is C16H17NO2. The summed E-state index contributed by atoms with van der Waals surface area (Å²) in [5.74, 6) is -0.404. The molecule has 3 heteroatoms. The van der Waals surface area contributed by atoms with Gasteiger partial charge in [0.25, 0.3) is 0 Å². The van der Waals surface area contributed by atoms with Gasteiger partial charge in [-0.15, -0.1) is 0 Å². The van der Waals surface area contributed by atoms with Crippen molar-refractivity contribution in [3.05, 3.63) is 59.2 Å². The number of hydrogen-bond donors (Lipinski definition) is 2. The smallest absolute Gasteiger partial charge is 0.247 e. The molecule has 0 unspecified atom stereocenters. The van der Waals surface area contributed by atoms with Gasteiger partial charge in [-0.1, -0.05) is 42.5 Å². The number of benzene rings is 2. The first kappa shape index (κ1) is 13.3. The van der Waals surface area contributed by atoms with E-state index >= 15 is 0 Å². The third-order valence-electron chi connectivity index (χ3n) is 3.28. The summed E-state index contributed by atoms with van der Waals surface area (Å²) in [6.07, 6.45) is 0.184. The molecule has 0 aliphatic heterocycles. The van der Waals surface area contributed by atoms with Crippen molar-refractivity contribution in [2.24, 2.45) is 0 Å². The average molecular weight is 255 g/mol. The maximum absolute atomic E-state index is 11.1. The summed E-state index contributed by atoms with van der Waals surface area (Å²) in [6.45, 7) is 4.19. The summed E-state index contributed by atoms with van der Waals surface area (Å²) in [5.41, 5.74) is 7.34. The van der Waals surface area contributed by atoms with E-state index in [4.69, 9.17) is 5.21 Å². The summed E-state index contributed by atoms with van der Waals surface area (Å²) in [4.78, 5) is 11.1. The van der Waals surface area contributed by atoms with Gasteiger partial charge in [0.15, 0.2) is 0 Å². The number of nitrogens with one attached hydrogen (secondary N) is 1. The minimum Gasteiger partial charge on any atom is -0.289 e. The number of hydrogen-bond acceptors (Lipinski definition) is 2. The van der Waals surface area contributed by atoms with Crippen LogP contribution in [0.2, 0.25) is 0 Å². The lowest BCUT2D eigenvalue weighted by molar-refractivity contribution is -0.128. The van der Waals surface area contributed by atoms with Gasteiger partial charge >= 0.3 is 0 Å². The Morgan fingerprint density at radius 2 is 1.63 bits per heavy atom. The number of carbonyl (C=O) groups is 1. The first-order valence-corrected chi connectivity index (χ1v) is 6.19. The fraction of sp³-hybridized carbons (Fsp3) is 0.188. The predicted molar refractivity (Wildman–Crippen MR) is 75.0 cm³/mol. The third-order valence-corrected chi connectivity index (χ3v) is 3.28. The molecule has 0 aliphatic rings. The summed E-state index contributed by atoms with van der Waals surface area (Å²) in [7, 11) is 0. The van der Waals surface area contributed by atoms with Crippen LogP contribution in [-0.4, -0.2) is 11.1 Å². The maximum atomic E-state index is 11.1. The van der Waals surface area contributed by atoms with Crippen LogP contribution in [0.1, 0.15) is 16.7 Å². The number of rotatable bonds is 3. The lowest BCUT2D eigenvalue weighted by atomic mass is 9.99. The van der Waals surface area contributed by atoms with Gasteiger partial charge in [0.2, 0.25) is 5.91 Å². The van der Waals surface area contributed by atoms with E-state index in [1.165, 1.54) is 16.7 Å². The lowest BCUT2D eigenvalue weighted by Gasteiger charge is -2.07. The molecular weight excluding hydrogens is 238 g/mol. The summed E-state index contributed by atoms with van der Waals surface area (Å²) >= 11 is 0. The highest BCUT2D eigenvalue weighted by atomic mass is 16.5. The molecule has 0 aromatic heterocycles. The number of amides is 1. The Bertz CT molecular complexity index is 588. The zero-order valence-corrected chi connectivity index (χ0v) is 11.1. The second-order valence-corrected chi connectivity index (χ2v) is 4.71. The summed E-state index contributed by atoms with van der Waals surface area (Å²) < 4.78 is 0. The molecule has 0 saturated heterocycles. The van der Waals surface area contributed by atoms with E-state index in [1.54, 1.807) is 5.48 Å². The van der Waals surface area contributed by atoms with Crippen LogP contribution in [0.5, 0.6) is 0 Å². The van der Waals surface area contributed by atoms with Gasteiger partial charge in [-0.2, -0.15) is 0 Å². The molecule has 1 amide bonds. The molecule has 0 saturated carbocycles. The zero-order chi connectivity index (χ0) is 13.8. The molecule has 0 heterocycles. The van der Waals surface area contributed by atoms with E-state index in [2.05, 4.69) is 32.0 Å².